The van der Waals surface area contributed by atoms with Crippen LogP contribution in [-0.4, -0.2) is 19.3 Å². The Balaban J connectivity index is 2.04. The number of hydrogen-bond acceptors (Lipinski definition) is 3. The first-order chi connectivity index (χ1) is 11.7. The monoisotopic (exact) mass is 315 g/mol. The lowest BCUT2D eigenvalue weighted by Crippen LogP contribution is -2.17. The van der Waals surface area contributed by atoms with E-state index in [1.807, 2.05) is 54.2 Å². The minimum absolute atomic E-state index is 0.0358. The van der Waals surface area contributed by atoms with Crippen molar-refractivity contribution in [2.24, 2.45) is 14.1 Å². The summed E-state index contributed by atoms with van der Waals surface area (Å²) in [6.07, 6.45) is 3.34. The Kier molecular flexibility index (Phi) is 3.27. The highest BCUT2D eigenvalue weighted by atomic mass is 16.1. The van der Waals surface area contributed by atoms with Crippen LogP contribution in [0.5, 0.6) is 0 Å². The maximum Gasteiger partial charge on any atom is 0.274 e. The van der Waals surface area contributed by atoms with Crippen LogP contribution in [0, 0.1) is 6.07 Å². The average Bonchev–Trinajstić information content (AvgIpc) is 2.86. The second kappa shape index (κ2) is 5.45. The number of hydrogen-bond donors (Lipinski definition) is 0. The molecule has 0 aliphatic rings. The molecule has 0 bridgehead atoms. The molecule has 2 aromatic heterocycles. The van der Waals surface area contributed by atoms with Crippen LogP contribution in [0.1, 0.15) is 0 Å². The average molecular weight is 315 g/mol. The van der Waals surface area contributed by atoms with E-state index in [4.69, 9.17) is 0 Å². The normalized spacial score (nSPS) is 11.1. The quantitative estimate of drug-likeness (QED) is 0.571. The molecule has 0 amide bonds. The van der Waals surface area contributed by atoms with Crippen molar-refractivity contribution in [2.75, 3.05) is 0 Å². The van der Waals surface area contributed by atoms with Crippen LogP contribution in [0.4, 0.5) is 0 Å². The van der Waals surface area contributed by atoms with Crippen LogP contribution >= 0.6 is 0 Å². The molecule has 0 atom stereocenters. The molecule has 4 aromatic rings. The third kappa shape index (κ3) is 2.13. The molecule has 0 saturated carbocycles. The second-order valence-electron chi connectivity index (χ2n) is 5.63. The van der Waals surface area contributed by atoms with E-state index in [-0.39, 0.29) is 5.56 Å². The van der Waals surface area contributed by atoms with E-state index in [0.717, 1.165) is 27.9 Å². The van der Waals surface area contributed by atoms with E-state index in [1.165, 1.54) is 0 Å². The molecule has 4 rings (SSSR count). The van der Waals surface area contributed by atoms with Gasteiger partial charge in [0, 0.05) is 32.1 Å². The van der Waals surface area contributed by atoms with Gasteiger partial charge < -0.3 is 0 Å². The first-order valence-electron chi connectivity index (χ1n) is 7.60. The minimum atomic E-state index is -0.0358. The zero-order valence-electron chi connectivity index (χ0n) is 13.4. The van der Waals surface area contributed by atoms with E-state index in [1.54, 1.807) is 24.1 Å². The van der Waals surface area contributed by atoms with E-state index in [2.05, 4.69) is 16.0 Å². The van der Waals surface area contributed by atoms with Gasteiger partial charge in [0.2, 0.25) is 0 Å². The third-order valence-corrected chi connectivity index (χ3v) is 4.26. The van der Waals surface area contributed by atoms with Crippen LogP contribution in [0.3, 0.4) is 0 Å². The first-order valence-corrected chi connectivity index (χ1v) is 7.60. The van der Waals surface area contributed by atoms with Gasteiger partial charge in [0.15, 0.2) is 0 Å². The second-order valence-corrected chi connectivity index (χ2v) is 5.63. The highest BCUT2D eigenvalue weighted by Gasteiger charge is 2.19. The van der Waals surface area contributed by atoms with Crippen LogP contribution in [0.15, 0.2) is 59.7 Å². The Labute approximate surface area is 138 Å². The SMILES string of the molecule is Cn1c(-c2ccc3nccnc3c2)c(-c2c[c]ccc2)c(=O)n1C. The number of benzene rings is 2. The molecule has 5 heteroatoms. The zero-order chi connectivity index (χ0) is 16.7. The van der Waals surface area contributed by atoms with E-state index in [0.29, 0.717) is 5.56 Å². The molecule has 117 valence electrons. The molecule has 0 aliphatic heterocycles. The van der Waals surface area contributed by atoms with Gasteiger partial charge in [0.05, 0.1) is 22.3 Å². The van der Waals surface area contributed by atoms with Gasteiger partial charge in [-0.05, 0) is 29.8 Å². The van der Waals surface area contributed by atoms with E-state index < -0.39 is 0 Å². The van der Waals surface area contributed by atoms with Crippen molar-refractivity contribution in [1.29, 1.82) is 0 Å². The van der Waals surface area contributed by atoms with Crippen LogP contribution in [0.25, 0.3) is 33.4 Å². The summed E-state index contributed by atoms with van der Waals surface area (Å²) in [5, 5.41) is 0. The topological polar surface area (TPSA) is 52.7 Å². The highest BCUT2D eigenvalue weighted by molar-refractivity contribution is 5.86. The fourth-order valence-corrected chi connectivity index (χ4v) is 2.96. The van der Waals surface area contributed by atoms with E-state index >= 15 is 0 Å². The van der Waals surface area contributed by atoms with Gasteiger partial charge in [0.1, 0.15) is 0 Å². The fourth-order valence-electron chi connectivity index (χ4n) is 2.96. The van der Waals surface area contributed by atoms with E-state index in [9.17, 15) is 4.79 Å². The summed E-state index contributed by atoms with van der Waals surface area (Å²) in [6, 6.07) is 16.4. The number of aromatic nitrogens is 4. The van der Waals surface area contributed by atoms with Crippen LogP contribution in [0.2, 0.25) is 0 Å². The van der Waals surface area contributed by atoms with Crippen molar-refractivity contribution in [2.45, 2.75) is 0 Å². The number of fused-ring (bicyclic) bond motifs is 1. The van der Waals surface area contributed by atoms with Crippen molar-refractivity contribution in [3.05, 3.63) is 71.3 Å². The molecule has 0 saturated heterocycles. The Morgan fingerprint density at radius 2 is 1.75 bits per heavy atom. The van der Waals surface area contributed by atoms with Gasteiger partial charge in [0.25, 0.3) is 5.56 Å². The van der Waals surface area contributed by atoms with Crippen molar-refractivity contribution in [3.63, 3.8) is 0 Å². The zero-order valence-corrected chi connectivity index (χ0v) is 13.4. The van der Waals surface area contributed by atoms with Crippen LogP contribution < -0.4 is 5.56 Å². The molecule has 0 aliphatic carbocycles. The highest BCUT2D eigenvalue weighted by Crippen LogP contribution is 2.30. The first kappa shape index (κ1) is 14.4. The molecule has 0 fully saturated rings. The summed E-state index contributed by atoms with van der Waals surface area (Å²) in [5.41, 5.74) is 4.91. The summed E-state index contributed by atoms with van der Waals surface area (Å²) < 4.78 is 3.47. The van der Waals surface area contributed by atoms with Crippen molar-refractivity contribution in [1.82, 2.24) is 19.3 Å². The number of nitrogens with zero attached hydrogens (tertiary/aromatic N) is 4. The Morgan fingerprint density at radius 1 is 0.958 bits per heavy atom. The molecular formula is C19H15N4O. The van der Waals surface area contributed by atoms with Gasteiger partial charge in [-0.3, -0.25) is 24.1 Å². The Bertz CT molecular complexity index is 1090. The number of rotatable bonds is 2. The predicted molar refractivity (Wildman–Crippen MR) is 93.5 cm³/mol. The molecular weight excluding hydrogens is 300 g/mol. The summed E-state index contributed by atoms with van der Waals surface area (Å²) in [4.78, 5) is 21.4. The molecule has 1 radical (unpaired) electrons. The maximum atomic E-state index is 12.7. The smallest absolute Gasteiger partial charge is 0.274 e. The standard InChI is InChI=1S/C19H15N4O/c1-22-18(14-8-9-15-16(12-14)21-11-10-20-15)17(19(24)23(22)2)13-6-4-3-5-7-13/h3-4,6-12H,1-2H3. The lowest BCUT2D eigenvalue weighted by atomic mass is 10.0. The lowest BCUT2D eigenvalue weighted by molar-refractivity contribution is 0.584. The van der Waals surface area contributed by atoms with Crippen molar-refractivity contribution in [3.8, 4) is 22.4 Å². The fraction of sp³-hybridized carbons (Fsp3) is 0.105. The predicted octanol–water partition coefficient (Wildman–Crippen LogP) is 2.80. The van der Waals surface area contributed by atoms with Crippen molar-refractivity contribution < 1.29 is 0 Å². The van der Waals surface area contributed by atoms with Gasteiger partial charge in [-0.25, -0.2) is 0 Å². The summed E-state index contributed by atoms with van der Waals surface area (Å²) in [6.45, 7) is 0. The molecule has 5 nitrogen and oxygen atoms in total. The van der Waals surface area contributed by atoms with Crippen molar-refractivity contribution >= 4 is 11.0 Å². The van der Waals surface area contributed by atoms with Gasteiger partial charge in [-0.2, -0.15) is 0 Å². The molecule has 0 spiro atoms. The largest absolute Gasteiger partial charge is 0.285 e. The van der Waals surface area contributed by atoms with Gasteiger partial charge in [-0.1, -0.05) is 24.3 Å². The van der Waals surface area contributed by atoms with Gasteiger partial charge in [-0.15, -0.1) is 0 Å². The summed E-state index contributed by atoms with van der Waals surface area (Å²) in [7, 11) is 3.65. The molecule has 2 aromatic carbocycles. The molecule has 0 unspecified atom stereocenters. The lowest BCUT2D eigenvalue weighted by Gasteiger charge is -2.09. The summed E-state index contributed by atoms with van der Waals surface area (Å²) >= 11 is 0. The minimum Gasteiger partial charge on any atom is -0.285 e. The molecule has 0 N–H and O–H groups in total. The van der Waals surface area contributed by atoms with Gasteiger partial charge >= 0.3 is 0 Å². The third-order valence-electron chi connectivity index (χ3n) is 4.26. The Hall–Kier alpha value is -3.21. The Morgan fingerprint density at radius 3 is 2.50 bits per heavy atom. The molecule has 2 heterocycles. The maximum absolute atomic E-state index is 12.7. The summed E-state index contributed by atoms with van der Waals surface area (Å²) in [5.74, 6) is 0. The van der Waals surface area contributed by atoms with Crippen LogP contribution in [-0.2, 0) is 14.1 Å². The molecule has 24 heavy (non-hydrogen) atoms.